The van der Waals surface area contributed by atoms with Gasteiger partial charge in [0.05, 0.1) is 0 Å². The summed E-state index contributed by atoms with van der Waals surface area (Å²) in [6.45, 7) is 4.05. The predicted molar refractivity (Wildman–Crippen MR) is 155 cm³/mol. The number of hydrogen-bond donors (Lipinski definition) is 0. The van der Waals surface area contributed by atoms with Gasteiger partial charge in [-0.15, -0.1) is 0 Å². The van der Waals surface area contributed by atoms with Gasteiger partial charge in [0.2, 0.25) is 5.91 Å². The molecule has 1 aliphatic rings. The number of benzene rings is 4. The van der Waals surface area contributed by atoms with Gasteiger partial charge < -0.3 is 4.90 Å². The molecule has 0 heterocycles. The van der Waals surface area contributed by atoms with E-state index in [1.165, 1.54) is 0 Å². The first-order valence-electron chi connectivity index (χ1n) is 13.4. The van der Waals surface area contributed by atoms with Crippen LogP contribution in [-0.4, -0.2) is 17.9 Å². The maximum absolute atomic E-state index is 14.0. The first-order valence-corrected chi connectivity index (χ1v) is 13.4. The van der Waals surface area contributed by atoms with Crippen molar-refractivity contribution in [1.29, 1.82) is 0 Å². The molecule has 0 atom stereocenters. The topological polar surface area (TPSA) is 40.6 Å². The molecule has 0 bridgehead atoms. The molecule has 0 saturated heterocycles. The van der Waals surface area contributed by atoms with E-state index < -0.39 is 0 Å². The van der Waals surface area contributed by atoms with Gasteiger partial charge in [-0.1, -0.05) is 66.2 Å². The summed E-state index contributed by atoms with van der Waals surface area (Å²) in [5.41, 5.74) is 5.55. The zero-order valence-corrected chi connectivity index (χ0v) is 22.1. The highest BCUT2D eigenvalue weighted by molar-refractivity contribution is 6.07. The molecule has 1 fully saturated rings. The fourth-order valence-corrected chi connectivity index (χ4v) is 5.51. The summed E-state index contributed by atoms with van der Waals surface area (Å²) in [5, 5.41) is 0. The minimum atomic E-state index is -0.0985. The first kappa shape index (κ1) is 25.5. The number of aryl methyl sites for hydroxylation is 2. The lowest BCUT2D eigenvalue weighted by Crippen LogP contribution is -2.44. The van der Waals surface area contributed by atoms with Crippen LogP contribution in [0.25, 0.3) is 0 Å². The second kappa shape index (κ2) is 11.5. The minimum Gasteiger partial charge on any atom is -0.305 e. The number of rotatable bonds is 6. The third-order valence-corrected chi connectivity index (χ3v) is 7.42. The van der Waals surface area contributed by atoms with Crippen molar-refractivity contribution in [2.24, 2.45) is 5.92 Å². The molecule has 0 unspecified atom stereocenters. The van der Waals surface area contributed by atoms with Crippen LogP contribution in [0.15, 0.2) is 109 Å². The number of hydrogen-bond acceptors (Lipinski definition) is 2. The van der Waals surface area contributed by atoms with Crippen LogP contribution in [0.3, 0.4) is 0 Å². The number of nitrogens with zero attached hydrogens (tertiary/aromatic N) is 2. The van der Waals surface area contributed by atoms with Gasteiger partial charge in [0, 0.05) is 34.6 Å². The average Bonchev–Trinajstić information content (AvgIpc) is 2.95. The van der Waals surface area contributed by atoms with E-state index in [0.717, 1.165) is 53.9 Å². The normalized spacial score (nSPS) is 17.0. The van der Waals surface area contributed by atoms with Crippen LogP contribution in [0.5, 0.6) is 0 Å². The van der Waals surface area contributed by atoms with Crippen molar-refractivity contribution >= 4 is 28.9 Å². The molecule has 4 nitrogen and oxygen atoms in total. The van der Waals surface area contributed by atoms with Crippen molar-refractivity contribution in [2.75, 3.05) is 9.80 Å². The van der Waals surface area contributed by atoms with Crippen molar-refractivity contribution in [2.45, 2.75) is 45.6 Å². The molecule has 5 rings (SSSR count). The summed E-state index contributed by atoms with van der Waals surface area (Å²) in [6.07, 6.45) is 3.03. The van der Waals surface area contributed by atoms with Gasteiger partial charge in [-0.25, -0.2) is 0 Å². The van der Waals surface area contributed by atoms with E-state index in [2.05, 4.69) is 6.07 Å². The van der Waals surface area contributed by atoms with Crippen LogP contribution in [-0.2, 0) is 4.79 Å². The number of carbonyl (C=O) groups excluding carboxylic acids is 2. The molecule has 38 heavy (non-hydrogen) atoms. The van der Waals surface area contributed by atoms with Gasteiger partial charge in [0.25, 0.3) is 5.91 Å². The van der Waals surface area contributed by atoms with Crippen molar-refractivity contribution in [1.82, 2.24) is 0 Å². The van der Waals surface area contributed by atoms with Crippen LogP contribution < -0.4 is 9.80 Å². The van der Waals surface area contributed by atoms with Gasteiger partial charge >= 0.3 is 0 Å². The second-order valence-electron chi connectivity index (χ2n) is 10.2. The van der Waals surface area contributed by atoms with E-state index in [0.29, 0.717) is 5.56 Å². The Bertz CT molecular complexity index is 1390. The molecule has 2 amide bonds. The highest BCUT2D eigenvalue weighted by Crippen LogP contribution is 2.36. The summed E-state index contributed by atoms with van der Waals surface area (Å²) in [4.78, 5) is 31.6. The highest BCUT2D eigenvalue weighted by atomic mass is 16.2. The summed E-state index contributed by atoms with van der Waals surface area (Å²) < 4.78 is 0. The van der Waals surface area contributed by atoms with Crippen LogP contribution in [0.1, 0.15) is 47.2 Å². The van der Waals surface area contributed by atoms with Crippen molar-refractivity contribution < 1.29 is 9.59 Å². The second-order valence-corrected chi connectivity index (χ2v) is 10.2. The van der Waals surface area contributed by atoms with E-state index in [4.69, 9.17) is 0 Å². The SMILES string of the molecule is Cc1cccc(C(=O)N(c2ccccc2)C2CCC(C(=O)N(c3ccccc3)c3cccc(C)c3)CC2)c1. The third kappa shape index (κ3) is 5.55. The molecule has 1 saturated carbocycles. The van der Waals surface area contributed by atoms with Gasteiger partial charge in [0.1, 0.15) is 0 Å². The maximum Gasteiger partial charge on any atom is 0.258 e. The number of anilines is 3. The van der Waals surface area contributed by atoms with Crippen molar-refractivity contribution in [3.8, 4) is 0 Å². The number of carbonyl (C=O) groups is 2. The largest absolute Gasteiger partial charge is 0.305 e. The van der Waals surface area contributed by atoms with Crippen LogP contribution in [0.2, 0.25) is 0 Å². The smallest absolute Gasteiger partial charge is 0.258 e. The Morgan fingerprint density at radius 3 is 1.76 bits per heavy atom. The van der Waals surface area contributed by atoms with Gasteiger partial charge in [-0.3, -0.25) is 14.5 Å². The fraction of sp³-hybridized carbons (Fsp3) is 0.235. The molecule has 0 aliphatic heterocycles. The number of amides is 2. The minimum absolute atomic E-state index is 0.0142. The van der Waals surface area contributed by atoms with Crippen LogP contribution in [0.4, 0.5) is 17.1 Å². The van der Waals surface area contributed by atoms with Gasteiger partial charge in [0.15, 0.2) is 0 Å². The fourth-order valence-electron chi connectivity index (χ4n) is 5.51. The van der Waals surface area contributed by atoms with Crippen LogP contribution >= 0.6 is 0 Å². The Hall–Kier alpha value is -4.18. The summed E-state index contributed by atoms with van der Waals surface area (Å²) in [7, 11) is 0. The molecule has 0 radical (unpaired) electrons. The average molecular weight is 503 g/mol. The zero-order valence-electron chi connectivity index (χ0n) is 22.1. The molecular weight excluding hydrogens is 468 g/mol. The lowest BCUT2D eigenvalue weighted by molar-refractivity contribution is -0.122. The monoisotopic (exact) mass is 502 g/mol. The summed E-state index contributed by atoms with van der Waals surface area (Å²) in [5.74, 6) is 0.0375. The zero-order chi connectivity index (χ0) is 26.5. The first-order chi connectivity index (χ1) is 18.5. The van der Waals surface area contributed by atoms with E-state index in [9.17, 15) is 9.59 Å². The molecule has 4 aromatic carbocycles. The lowest BCUT2D eigenvalue weighted by atomic mass is 9.83. The van der Waals surface area contributed by atoms with E-state index in [1.807, 2.05) is 127 Å². The van der Waals surface area contributed by atoms with Crippen molar-refractivity contribution in [3.63, 3.8) is 0 Å². The standard InChI is InChI=1S/C34H34N2O2/c1-25-11-9-13-28(23-25)34(38)35(29-14-5-3-6-15-29)31-21-19-27(20-22-31)33(37)36(30-16-7-4-8-17-30)32-18-10-12-26(2)24-32/h3-18,23-24,27,31H,19-22H2,1-2H3. The summed E-state index contributed by atoms with van der Waals surface area (Å²) >= 11 is 0. The lowest BCUT2D eigenvalue weighted by Gasteiger charge is -2.38. The highest BCUT2D eigenvalue weighted by Gasteiger charge is 2.35. The predicted octanol–water partition coefficient (Wildman–Crippen LogP) is 7.87. The molecule has 1 aliphatic carbocycles. The molecular formula is C34H34N2O2. The Kier molecular flexibility index (Phi) is 7.69. The Morgan fingerprint density at radius 2 is 1.16 bits per heavy atom. The van der Waals surface area contributed by atoms with Gasteiger partial charge in [-0.05, 0) is 93.6 Å². The van der Waals surface area contributed by atoms with Crippen molar-refractivity contribution in [3.05, 3.63) is 126 Å². The molecule has 4 heteroatoms. The molecule has 4 aromatic rings. The Balaban J connectivity index is 1.38. The third-order valence-electron chi connectivity index (χ3n) is 7.42. The number of para-hydroxylation sites is 2. The maximum atomic E-state index is 14.0. The summed E-state index contributed by atoms with van der Waals surface area (Å²) in [6, 6.07) is 35.7. The van der Waals surface area contributed by atoms with E-state index in [1.54, 1.807) is 0 Å². The molecule has 0 N–H and O–H groups in total. The Labute approximate surface area is 225 Å². The van der Waals surface area contributed by atoms with E-state index >= 15 is 0 Å². The molecule has 0 aromatic heterocycles. The quantitative estimate of drug-likeness (QED) is 0.269. The molecule has 192 valence electrons. The van der Waals surface area contributed by atoms with E-state index in [-0.39, 0.29) is 23.8 Å². The van der Waals surface area contributed by atoms with Gasteiger partial charge in [-0.2, -0.15) is 0 Å². The molecule has 0 spiro atoms. The van der Waals surface area contributed by atoms with Crippen LogP contribution in [0, 0.1) is 19.8 Å². The Morgan fingerprint density at radius 1 is 0.605 bits per heavy atom.